The van der Waals surface area contributed by atoms with E-state index in [0.29, 0.717) is 17.3 Å². The number of thiocarbonyl (C=S) groups is 1. The zero-order valence-electron chi connectivity index (χ0n) is 14.3. The third-order valence-corrected chi connectivity index (χ3v) is 4.50. The topological polar surface area (TPSA) is 50.4 Å². The Labute approximate surface area is 153 Å². The number of nitrogens with one attached hydrogen (secondary N) is 2. The highest BCUT2D eigenvalue weighted by atomic mass is 32.1. The van der Waals surface area contributed by atoms with Gasteiger partial charge in [0.25, 0.3) is 0 Å². The normalized spacial score (nSPS) is 12.8. The molecule has 0 saturated carbocycles. The minimum Gasteiger partial charge on any atom is -0.462 e. The van der Waals surface area contributed by atoms with Crippen LogP contribution in [0.25, 0.3) is 0 Å². The minimum atomic E-state index is -0.314. The van der Waals surface area contributed by atoms with Gasteiger partial charge >= 0.3 is 5.97 Å². The predicted octanol–water partition coefficient (Wildman–Crippen LogP) is 4.55. The lowest BCUT2D eigenvalue weighted by molar-refractivity contribution is 0.0526. The number of benzene rings is 2. The lowest BCUT2D eigenvalue weighted by Crippen LogP contribution is -2.21. The van der Waals surface area contributed by atoms with Crippen molar-refractivity contribution in [1.82, 2.24) is 0 Å². The van der Waals surface area contributed by atoms with Crippen LogP contribution in [0.2, 0.25) is 0 Å². The Balaban J connectivity index is 1.64. The van der Waals surface area contributed by atoms with Gasteiger partial charge in [0, 0.05) is 11.4 Å². The molecular weight excluding hydrogens is 332 g/mol. The van der Waals surface area contributed by atoms with E-state index in [2.05, 4.69) is 28.8 Å². The Morgan fingerprint density at radius 3 is 2.60 bits per heavy atom. The fraction of sp³-hybridized carbons (Fsp3) is 0.300. The SMILES string of the molecule is CCOC(=O)c1ccc(NC(=S)Nc2cccc3c2CCCC3)cc1. The van der Waals surface area contributed by atoms with Gasteiger partial charge in [-0.1, -0.05) is 12.1 Å². The quantitative estimate of drug-likeness (QED) is 0.623. The summed E-state index contributed by atoms with van der Waals surface area (Å²) in [6.07, 6.45) is 4.71. The highest BCUT2D eigenvalue weighted by Crippen LogP contribution is 2.28. The van der Waals surface area contributed by atoms with Crippen LogP contribution in [0.4, 0.5) is 11.4 Å². The van der Waals surface area contributed by atoms with Crippen LogP contribution in [0.1, 0.15) is 41.3 Å². The van der Waals surface area contributed by atoms with Crippen LogP contribution in [0.15, 0.2) is 42.5 Å². The first kappa shape index (κ1) is 17.4. The molecule has 3 rings (SSSR count). The molecular formula is C20H22N2O2S. The Morgan fingerprint density at radius 2 is 1.84 bits per heavy atom. The number of aryl methyl sites for hydroxylation is 1. The van der Waals surface area contributed by atoms with Crippen LogP contribution in [0.3, 0.4) is 0 Å². The van der Waals surface area contributed by atoms with E-state index in [-0.39, 0.29) is 5.97 Å². The number of hydrogen-bond donors (Lipinski definition) is 2. The van der Waals surface area contributed by atoms with Crippen molar-refractivity contribution in [2.45, 2.75) is 32.6 Å². The molecule has 2 aromatic rings. The highest BCUT2D eigenvalue weighted by Gasteiger charge is 2.13. The molecule has 0 atom stereocenters. The summed E-state index contributed by atoms with van der Waals surface area (Å²) in [5, 5.41) is 7.01. The largest absolute Gasteiger partial charge is 0.462 e. The summed E-state index contributed by atoms with van der Waals surface area (Å²) in [6, 6.07) is 13.4. The number of esters is 1. The van der Waals surface area contributed by atoms with Gasteiger partial charge in [-0.3, -0.25) is 0 Å². The Morgan fingerprint density at radius 1 is 1.08 bits per heavy atom. The lowest BCUT2D eigenvalue weighted by atomic mass is 9.90. The van der Waals surface area contributed by atoms with E-state index in [0.717, 1.165) is 24.2 Å². The molecule has 130 valence electrons. The van der Waals surface area contributed by atoms with Crippen LogP contribution < -0.4 is 10.6 Å². The monoisotopic (exact) mass is 354 g/mol. The van der Waals surface area contributed by atoms with Crippen molar-refractivity contribution >= 4 is 34.7 Å². The molecule has 4 nitrogen and oxygen atoms in total. The van der Waals surface area contributed by atoms with Crippen LogP contribution in [-0.4, -0.2) is 17.7 Å². The van der Waals surface area contributed by atoms with Crippen LogP contribution >= 0.6 is 12.2 Å². The minimum absolute atomic E-state index is 0.314. The maximum absolute atomic E-state index is 11.7. The van der Waals surface area contributed by atoms with E-state index in [9.17, 15) is 4.79 Å². The molecule has 1 aliphatic carbocycles. The van der Waals surface area contributed by atoms with Crippen molar-refractivity contribution in [2.75, 3.05) is 17.2 Å². The second kappa shape index (κ2) is 8.12. The van der Waals surface area contributed by atoms with E-state index in [4.69, 9.17) is 17.0 Å². The Hall–Kier alpha value is -2.40. The second-order valence-electron chi connectivity index (χ2n) is 6.03. The van der Waals surface area contributed by atoms with Gasteiger partial charge in [-0.2, -0.15) is 0 Å². The number of fused-ring (bicyclic) bond motifs is 1. The van der Waals surface area contributed by atoms with Crippen molar-refractivity contribution in [2.24, 2.45) is 0 Å². The molecule has 0 radical (unpaired) electrons. The maximum atomic E-state index is 11.7. The fourth-order valence-electron chi connectivity index (χ4n) is 3.09. The number of ether oxygens (including phenoxy) is 1. The summed E-state index contributed by atoms with van der Waals surface area (Å²) in [5.41, 5.74) is 5.23. The smallest absolute Gasteiger partial charge is 0.338 e. The lowest BCUT2D eigenvalue weighted by Gasteiger charge is -2.20. The standard InChI is InChI=1S/C20H22N2O2S/c1-2-24-19(23)15-10-12-16(13-11-15)21-20(25)22-18-9-5-7-14-6-3-4-8-17(14)18/h5,7,9-13H,2-4,6,8H2,1H3,(H2,21,22,25). The molecule has 0 heterocycles. The second-order valence-corrected chi connectivity index (χ2v) is 6.44. The van der Waals surface area contributed by atoms with Crippen molar-refractivity contribution in [3.8, 4) is 0 Å². The molecule has 0 spiro atoms. The third kappa shape index (κ3) is 4.37. The van der Waals surface area contributed by atoms with Crippen LogP contribution in [0.5, 0.6) is 0 Å². The molecule has 25 heavy (non-hydrogen) atoms. The average Bonchev–Trinajstić information content (AvgIpc) is 2.63. The molecule has 0 bridgehead atoms. The van der Waals surface area contributed by atoms with Crippen molar-refractivity contribution < 1.29 is 9.53 Å². The van der Waals surface area contributed by atoms with Crippen LogP contribution in [-0.2, 0) is 17.6 Å². The first-order valence-electron chi connectivity index (χ1n) is 8.63. The summed E-state index contributed by atoms with van der Waals surface area (Å²) in [7, 11) is 0. The molecule has 0 saturated heterocycles. The number of hydrogen-bond acceptors (Lipinski definition) is 3. The molecule has 0 aliphatic heterocycles. The summed E-state index contributed by atoms with van der Waals surface area (Å²) in [5.74, 6) is -0.314. The Kier molecular flexibility index (Phi) is 5.66. The molecule has 0 amide bonds. The van der Waals surface area contributed by atoms with Gasteiger partial charge in [0.15, 0.2) is 5.11 Å². The average molecular weight is 354 g/mol. The van der Waals surface area contributed by atoms with E-state index >= 15 is 0 Å². The van der Waals surface area contributed by atoms with E-state index in [1.807, 2.05) is 12.1 Å². The van der Waals surface area contributed by atoms with E-state index in [1.54, 1.807) is 19.1 Å². The van der Waals surface area contributed by atoms with Crippen molar-refractivity contribution in [1.29, 1.82) is 0 Å². The molecule has 2 aromatic carbocycles. The number of rotatable bonds is 4. The van der Waals surface area contributed by atoms with E-state index in [1.165, 1.54) is 24.0 Å². The molecule has 2 N–H and O–H groups in total. The molecule has 5 heteroatoms. The van der Waals surface area contributed by atoms with Crippen LogP contribution in [0, 0.1) is 0 Å². The number of anilines is 2. The number of carbonyl (C=O) groups excluding carboxylic acids is 1. The van der Waals surface area contributed by atoms with E-state index < -0.39 is 0 Å². The predicted molar refractivity (Wildman–Crippen MR) is 105 cm³/mol. The first-order valence-corrected chi connectivity index (χ1v) is 9.04. The summed E-state index contributed by atoms with van der Waals surface area (Å²) in [6.45, 7) is 2.16. The van der Waals surface area contributed by atoms with Gasteiger partial charge in [0.1, 0.15) is 0 Å². The highest BCUT2D eigenvalue weighted by molar-refractivity contribution is 7.80. The summed E-state index contributed by atoms with van der Waals surface area (Å²) in [4.78, 5) is 11.7. The molecule has 0 aromatic heterocycles. The summed E-state index contributed by atoms with van der Waals surface area (Å²) < 4.78 is 4.98. The van der Waals surface area contributed by atoms with Gasteiger partial charge in [-0.25, -0.2) is 4.79 Å². The molecule has 0 unspecified atom stereocenters. The molecule has 1 aliphatic rings. The zero-order chi connectivity index (χ0) is 17.6. The van der Waals surface area contributed by atoms with Gasteiger partial charge in [0.2, 0.25) is 0 Å². The van der Waals surface area contributed by atoms with Gasteiger partial charge in [-0.15, -0.1) is 0 Å². The Bertz CT molecular complexity index is 772. The van der Waals surface area contributed by atoms with Crippen molar-refractivity contribution in [3.63, 3.8) is 0 Å². The van der Waals surface area contributed by atoms with Crippen molar-refractivity contribution in [3.05, 3.63) is 59.2 Å². The van der Waals surface area contributed by atoms with Gasteiger partial charge in [0.05, 0.1) is 12.2 Å². The first-order chi connectivity index (χ1) is 12.2. The van der Waals surface area contributed by atoms with Gasteiger partial charge in [-0.05, 0) is 86.3 Å². The van der Waals surface area contributed by atoms with Gasteiger partial charge < -0.3 is 15.4 Å². The number of carbonyl (C=O) groups is 1. The zero-order valence-corrected chi connectivity index (χ0v) is 15.1. The molecule has 0 fully saturated rings. The maximum Gasteiger partial charge on any atom is 0.338 e. The fourth-order valence-corrected chi connectivity index (χ4v) is 3.31. The summed E-state index contributed by atoms with van der Waals surface area (Å²) >= 11 is 5.44. The third-order valence-electron chi connectivity index (χ3n) is 4.30.